The highest BCUT2D eigenvalue weighted by atomic mass is 79.9. The van der Waals surface area contributed by atoms with Crippen LogP contribution in [0.2, 0.25) is 0 Å². The second kappa shape index (κ2) is 5.97. The van der Waals surface area contributed by atoms with E-state index < -0.39 is 0 Å². The zero-order valence-electron chi connectivity index (χ0n) is 10.1. The lowest BCUT2D eigenvalue weighted by Crippen LogP contribution is -2.00. The van der Waals surface area contributed by atoms with E-state index in [0.29, 0.717) is 6.54 Å². The molecule has 0 spiro atoms. The highest BCUT2D eigenvalue weighted by molar-refractivity contribution is 9.10. The van der Waals surface area contributed by atoms with Crippen molar-refractivity contribution in [1.82, 2.24) is 15.0 Å². The third-order valence-electron chi connectivity index (χ3n) is 2.58. The van der Waals surface area contributed by atoms with Crippen molar-refractivity contribution in [2.75, 3.05) is 13.7 Å². The van der Waals surface area contributed by atoms with Crippen LogP contribution in [0.5, 0.6) is 5.75 Å². The largest absolute Gasteiger partial charge is 0.495 e. The molecule has 0 saturated heterocycles. The summed E-state index contributed by atoms with van der Waals surface area (Å²) >= 11 is 3.42. The Hall–Kier alpha value is -1.40. The number of benzene rings is 1. The topological polar surface area (TPSA) is 66.0 Å². The molecule has 0 fully saturated rings. The normalized spacial score (nSPS) is 10.6. The Balaban J connectivity index is 2.23. The first-order valence-electron chi connectivity index (χ1n) is 5.70. The van der Waals surface area contributed by atoms with Gasteiger partial charge in [0.1, 0.15) is 5.75 Å². The predicted molar refractivity (Wildman–Crippen MR) is 73.0 cm³/mol. The Labute approximate surface area is 114 Å². The van der Waals surface area contributed by atoms with Crippen molar-refractivity contribution >= 4 is 15.9 Å². The monoisotopic (exact) mass is 310 g/mol. The Bertz CT molecular complexity index is 527. The first-order chi connectivity index (χ1) is 8.74. The van der Waals surface area contributed by atoms with Crippen molar-refractivity contribution in [2.45, 2.75) is 12.8 Å². The maximum absolute atomic E-state index is 5.47. The van der Waals surface area contributed by atoms with Crippen molar-refractivity contribution in [1.29, 1.82) is 0 Å². The van der Waals surface area contributed by atoms with Crippen molar-refractivity contribution < 1.29 is 4.74 Å². The smallest absolute Gasteiger partial charge is 0.135 e. The summed E-state index contributed by atoms with van der Waals surface area (Å²) in [5.74, 6) is 0.770. The van der Waals surface area contributed by atoms with Crippen molar-refractivity contribution in [3.8, 4) is 11.4 Å². The zero-order chi connectivity index (χ0) is 13.0. The molecule has 6 heteroatoms. The van der Waals surface area contributed by atoms with E-state index in [1.165, 1.54) is 0 Å². The Morgan fingerprint density at radius 3 is 3.00 bits per heavy atom. The van der Waals surface area contributed by atoms with Gasteiger partial charge in [0, 0.05) is 6.07 Å². The highest BCUT2D eigenvalue weighted by Crippen LogP contribution is 2.26. The van der Waals surface area contributed by atoms with E-state index in [2.05, 4.69) is 26.2 Å². The summed E-state index contributed by atoms with van der Waals surface area (Å²) < 4.78 is 7.90. The molecule has 1 aromatic heterocycles. The standard InChI is InChI=1S/C12H15BrN4O/c1-18-12-7-10(4-5-11(12)13)17-8-9(15-16-17)3-2-6-14/h4-5,7-8H,2-3,6,14H2,1H3. The molecule has 2 rings (SSSR count). The number of ether oxygens (including phenoxy) is 1. The molecule has 18 heavy (non-hydrogen) atoms. The van der Waals surface area contributed by atoms with Gasteiger partial charge < -0.3 is 10.5 Å². The van der Waals surface area contributed by atoms with E-state index in [1.54, 1.807) is 11.8 Å². The van der Waals surface area contributed by atoms with E-state index in [1.807, 2.05) is 24.4 Å². The van der Waals surface area contributed by atoms with Crippen LogP contribution in [-0.4, -0.2) is 28.6 Å². The molecule has 0 aliphatic rings. The van der Waals surface area contributed by atoms with Crippen molar-refractivity contribution in [2.24, 2.45) is 5.73 Å². The lowest BCUT2D eigenvalue weighted by atomic mass is 10.2. The fourth-order valence-electron chi connectivity index (χ4n) is 1.61. The molecule has 2 N–H and O–H groups in total. The lowest BCUT2D eigenvalue weighted by Gasteiger charge is -2.05. The van der Waals surface area contributed by atoms with Gasteiger partial charge in [-0.05, 0) is 47.4 Å². The molecule has 0 atom stereocenters. The van der Waals surface area contributed by atoms with Crippen LogP contribution >= 0.6 is 15.9 Å². The quantitative estimate of drug-likeness (QED) is 0.916. The number of hydrogen-bond donors (Lipinski definition) is 1. The van der Waals surface area contributed by atoms with Crippen LogP contribution < -0.4 is 10.5 Å². The third kappa shape index (κ3) is 2.88. The summed E-state index contributed by atoms with van der Waals surface area (Å²) in [5, 5.41) is 8.21. The maximum atomic E-state index is 5.47. The minimum Gasteiger partial charge on any atom is -0.495 e. The van der Waals surface area contributed by atoms with Crippen LogP contribution in [-0.2, 0) is 6.42 Å². The van der Waals surface area contributed by atoms with Gasteiger partial charge in [-0.1, -0.05) is 5.21 Å². The Kier molecular flexibility index (Phi) is 4.33. The Morgan fingerprint density at radius 2 is 2.28 bits per heavy atom. The van der Waals surface area contributed by atoms with Crippen molar-refractivity contribution in [3.05, 3.63) is 34.6 Å². The number of aryl methyl sites for hydroxylation is 1. The molecular formula is C12H15BrN4O. The molecule has 96 valence electrons. The lowest BCUT2D eigenvalue weighted by molar-refractivity contribution is 0.412. The van der Waals surface area contributed by atoms with Crippen LogP contribution in [0, 0.1) is 0 Å². The van der Waals surface area contributed by atoms with E-state index in [9.17, 15) is 0 Å². The first-order valence-corrected chi connectivity index (χ1v) is 6.49. The van der Waals surface area contributed by atoms with Gasteiger partial charge in [0.05, 0.1) is 29.2 Å². The number of nitrogens with zero attached hydrogens (tertiary/aromatic N) is 3. The second-order valence-corrected chi connectivity index (χ2v) is 4.72. The minimum absolute atomic E-state index is 0.666. The predicted octanol–water partition coefficient (Wildman–Crippen LogP) is 1.93. The molecule has 2 aromatic rings. The summed E-state index contributed by atoms with van der Waals surface area (Å²) in [7, 11) is 1.64. The van der Waals surface area contributed by atoms with E-state index in [0.717, 1.165) is 34.4 Å². The van der Waals surface area contributed by atoms with E-state index in [-0.39, 0.29) is 0 Å². The van der Waals surface area contributed by atoms with Gasteiger partial charge >= 0.3 is 0 Å². The molecule has 0 saturated carbocycles. The SMILES string of the molecule is COc1cc(-n2cc(CCCN)nn2)ccc1Br. The molecular weight excluding hydrogens is 296 g/mol. The summed E-state index contributed by atoms with van der Waals surface area (Å²) in [6, 6.07) is 5.79. The average Bonchev–Trinajstić information content (AvgIpc) is 2.85. The molecule has 0 amide bonds. The number of methoxy groups -OCH3 is 1. The van der Waals surface area contributed by atoms with Gasteiger partial charge in [-0.25, -0.2) is 4.68 Å². The molecule has 0 aliphatic heterocycles. The van der Waals surface area contributed by atoms with Crippen molar-refractivity contribution in [3.63, 3.8) is 0 Å². The zero-order valence-corrected chi connectivity index (χ0v) is 11.7. The van der Waals surface area contributed by atoms with Gasteiger partial charge in [-0.3, -0.25) is 0 Å². The van der Waals surface area contributed by atoms with E-state index >= 15 is 0 Å². The number of nitrogens with two attached hydrogens (primary N) is 1. The second-order valence-electron chi connectivity index (χ2n) is 3.87. The Morgan fingerprint density at radius 1 is 1.44 bits per heavy atom. The molecule has 1 aromatic carbocycles. The first kappa shape index (κ1) is 13.0. The van der Waals surface area contributed by atoms with Gasteiger partial charge in [-0.2, -0.15) is 0 Å². The number of halogens is 1. The molecule has 0 aliphatic carbocycles. The number of aromatic nitrogens is 3. The van der Waals surface area contributed by atoms with Gasteiger partial charge in [0.25, 0.3) is 0 Å². The van der Waals surface area contributed by atoms with Gasteiger partial charge in [0.2, 0.25) is 0 Å². The number of rotatable bonds is 5. The fourth-order valence-corrected chi connectivity index (χ4v) is 2.02. The summed E-state index contributed by atoms with van der Waals surface area (Å²) in [6.07, 6.45) is 3.69. The highest BCUT2D eigenvalue weighted by Gasteiger charge is 2.06. The summed E-state index contributed by atoms with van der Waals surface area (Å²) in [5.41, 5.74) is 7.34. The van der Waals surface area contributed by atoms with Crippen LogP contribution in [0.3, 0.4) is 0 Å². The maximum Gasteiger partial charge on any atom is 0.135 e. The van der Waals surface area contributed by atoms with Crippen LogP contribution in [0.4, 0.5) is 0 Å². The minimum atomic E-state index is 0.666. The third-order valence-corrected chi connectivity index (χ3v) is 3.23. The molecule has 5 nitrogen and oxygen atoms in total. The molecule has 1 heterocycles. The molecule has 0 bridgehead atoms. The number of hydrogen-bond acceptors (Lipinski definition) is 4. The van der Waals surface area contributed by atoms with Crippen LogP contribution in [0.1, 0.15) is 12.1 Å². The fraction of sp³-hybridized carbons (Fsp3) is 0.333. The molecule has 0 radical (unpaired) electrons. The average molecular weight is 311 g/mol. The van der Waals surface area contributed by atoms with Gasteiger partial charge in [-0.15, -0.1) is 5.10 Å². The van der Waals surface area contributed by atoms with E-state index in [4.69, 9.17) is 10.5 Å². The van der Waals surface area contributed by atoms with Gasteiger partial charge in [0.15, 0.2) is 0 Å². The summed E-state index contributed by atoms with van der Waals surface area (Å²) in [6.45, 7) is 0.666. The molecule has 0 unspecified atom stereocenters. The summed E-state index contributed by atoms with van der Waals surface area (Å²) in [4.78, 5) is 0. The van der Waals surface area contributed by atoms with Crippen LogP contribution in [0.15, 0.2) is 28.9 Å². The van der Waals surface area contributed by atoms with Crippen LogP contribution in [0.25, 0.3) is 5.69 Å².